The number of hydrogen-bond donors (Lipinski definition) is 1. The lowest BCUT2D eigenvalue weighted by Crippen LogP contribution is -2.40. The molecule has 1 heterocycles. The summed E-state index contributed by atoms with van der Waals surface area (Å²) in [5.41, 5.74) is 3.66. The summed E-state index contributed by atoms with van der Waals surface area (Å²) in [5.74, 6) is -0.992. The van der Waals surface area contributed by atoms with Crippen LogP contribution in [0.4, 0.5) is 0 Å². The predicted molar refractivity (Wildman–Crippen MR) is 59.8 cm³/mol. The van der Waals surface area contributed by atoms with Crippen molar-refractivity contribution in [1.82, 2.24) is 9.13 Å². The Balaban J connectivity index is 3.32. The summed E-state index contributed by atoms with van der Waals surface area (Å²) in [6, 6.07) is 0. The highest BCUT2D eigenvalue weighted by Gasteiger charge is 2.12. The first-order chi connectivity index (χ1) is 7.84. The minimum absolute atomic E-state index is 0.0323. The third kappa shape index (κ3) is 2.68. The van der Waals surface area contributed by atoms with Crippen LogP contribution in [0.5, 0.6) is 0 Å². The number of Topliss-reactive ketones (excluding diaryl/α,β-unsaturated/α-hetero) is 1. The van der Waals surface area contributed by atoms with Crippen LogP contribution in [0.3, 0.4) is 0 Å². The average Bonchev–Trinajstić information content (AvgIpc) is 2.24. The first kappa shape index (κ1) is 12.9. The highest BCUT2D eigenvalue weighted by molar-refractivity contribution is 5.93. The monoisotopic (exact) mass is 239 g/mol. The Labute approximate surface area is 96.5 Å². The smallest absolute Gasteiger partial charge is 0.330 e. The average molecular weight is 239 g/mol. The first-order valence-corrected chi connectivity index (χ1v) is 4.94. The molecule has 1 rings (SSSR count). The van der Waals surface area contributed by atoms with Crippen LogP contribution in [0.25, 0.3) is 0 Å². The van der Waals surface area contributed by atoms with Gasteiger partial charge in [-0.3, -0.25) is 23.5 Å². The van der Waals surface area contributed by atoms with E-state index in [0.717, 1.165) is 15.3 Å². The topological polar surface area (TPSA) is 104 Å². The molecule has 7 nitrogen and oxygen atoms in total. The fourth-order valence-corrected chi connectivity index (χ4v) is 1.36. The fourth-order valence-electron chi connectivity index (χ4n) is 1.36. The van der Waals surface area contributed by atoms with Crippen LogP contribution < -0.4 is 17.0 Å². The molecule has 92 valence electrons. The number of ketones is 1. The molecule has 1 amide bonds. The molecule has 17 heavy (non-hydrogen) atoms. The molecular formula is C10H13N3O4. The number of nitrogens with two attached hydrogens (primary N) is 1. The van der Waals surface area contributed by atoms with E-state index in [4.69, 9.17) is 5.73 Å². The van der Waals surface area contributed by atoms with E-state index >= 15 is 0 Å². The van der Waals surface area contributed by atoms with E-state index in [1.165, 1.54) is 14.0 Å². The van der Waals surface area contributed by atoms with Gasteiger partial charge in [-0.1, -0.05) is 0 Å². The number of rotatable bonds is 4. The summed E-state index contributed by atoms with van der Waals surface area (Å²) in [6.07, 6.45) is 1.13. The van der Waals surface area contributed by atoms with Crippen molar-refractivity contribution >= 4 is 11.7 Å². The van der Waals surface area contributed by atoms with E-state index in [-0.39, 0.29) is 18.5 Å². The second kappa shape index (κ2) is 4.77. The Kier molecular flexibility index (Phi) is 3.62. The lowest BCUT2D eigenvalue weighted by atomic mass is 10.2. The van der Waals surface area contributed by atoms with E-state index in [1.54, 1.807) is 0 Å². The van der Waals surface area contributed by atoms with Gasteiger partial charge in [-0.2, -0.15) is 0 Å². The standard InChI is InChI=1S/C10H13N3O4/c1-6(14)7-5-13(4-3-8(11)15)10(17)12(2)9(7)16/h5H,3-4H2,1-2H3,(H2,11,15). The Morgan fingerprint density at radius 1 is 1.35 bits per heavy atom. The highest BCUT2D eigenvalue weighted by atomic mass is 16.2. The number of aromatic nitrogens is 2. The van der Waals surface area contributed by atoms with E-state index < -0.39 is 22.9 Å². The molecule has 1 aromatic rings. The van der Waals surface area contributed by atoms with E-state index in [2.05, 4.69) is 0 Å². The van der Waals surface area contributed by atoms with E-state index in [1.807, 2.05) is 0 Å². The zero-order valence-electron chi connectivity index (χ0n) is 9.60. The molecule has 0 saturated heterocycles. The van der Waals surface area contributed by atoms with Gasteiger partial charge in [-0.05, 0) is 6.92 Å². The predicted octanol–water partition coefficient (Wildman–Crippen LogP) is -1.37. The number of primary amides is 1. The number of carbonyl (C=O) groups is 2. The van der Waals surface area contributed by atoms with Gasteiger partial charge >= 0.3 is 5.69 Å². The molecule has 0 spiro atoms. The number of amides is 1. The molecular weight excluding hydrogens is 226 g/mol. The van der Waals surface area contributed by atoms with Crippen LogP contribution in [0.2, 0.25) is 0 Å². The molecule has 0 aliphatic heterocycles. The zero-order chi connectivity index (χ0) is 13.2. The van der Waals surface area contributed by atoms with Crippen molar-refractivity contribution in [2.24, 2.45) is 12.8 Å². The van der Waals surface area contributed by atoms with Crippen molar-refractivity contribution in [2.75, 3.05) is 0 Å². The van der Waals surface area contributed by atoms with Gasteiger partial charge in [0.05, 0.1) is 5.56 Å². The molecule has 0 radical (unpaired) electrons. The van der Waals surface area contributed by atoms with Crippen molar-refractivity contribution in [3.05, 3.63) is 32.6 Å². The summed E-state index contributed by atoms with van der Waals surface area (Å²) < 4.78 is 1.96. The van der Waals surface area contributed by atoms with Gasteiger partial charge in [0, 0.05) is 26.2 Å². The highest BCUT2D eigenvalue weighted by Crippen LogP contribution is 1.92. The Bertz CT molecular complexity index is 582. The second-order valence-corrected chi connectivity index (χ2v) is 3.66. The summed E-state index contributed by atoms with van der Waals surface area (Å²) in [4.78, 5) is 45.0. The number of hydrogen-bond acceptors (Lipinski definition) is 4. The summed E-state index contributed by atoms with van der Waals surface area (Å²) in [7, 11) is 1.28. The van der Waals surface area contributed by atoms with Crippen molar-refractivity contribution in [1.29, 1.82) is 0 Å². The minimum Gasteiger partial charge on any atom is -0.370 e. The molecule has 0 unspecified atom stereocenters. The fraction of sp³-hybridized carbons (Fsp3) is 0.400. The molecule has 0 bridgehead atoms. The molecule has 0 atom stereocenters. The van der Waals surface area contributed by atoms with E-state index in [9.17, 15) is 19.2 Å². The van der Waals surface area contributed by atoms with Crippen LogP contribution in [0.15, 0.2) is 15.8 Å². The van der Waals surface area contributed by atoms with Crippen molar-refractivity contribution in [3.63, 3.8) is 0 Å². The van der Waals surface area contributed by atoms with Crippen LogP contribution in [-0.2, 0) is 18.4 Å². The van der Waals surface area contributed by atoms with Gasteiger partial charge in [0.15, 0.2) is 5.78 Å². The lowest BCUT2D eigenvalue weighted by molar-refractivity contribution is -0.118. The molecule has 0 fully saturated rings. The van der Waals surface area contributed by atoms with Gasteiger partial charge in [0.2, 0.25) is 5.91 Å². The van der Waals surface area contributed by atoms with Gasteiger partial charge < -0.3 is 5.73 Å². The number of carbonyl (C=O) groups excluding carboxylic acids is 2. The summed E-state index contributed by atoms with van der Waals surface area (Å²) >= 11 is 0. The number of aryl methyl sites for hydroxylation is 1. The summed E-state index contributed by atoms with van der Waals surface area (Å²) in [6.45, 7) is 1.28. The third-order valence-electron chi connectivity index (χ3n) is 2.33. The van der Waals surface area contributed by atoms with Crippen LogP contribution in [0.1, 0.15) is 23.7 Å². The molecule has 1 aromatic heterocycles. The molecule has 0 aliphatic carbocycles. The quantitative estimate of drug-likeness (QED) is 0.654. The maximum Gasteiger partial charge on any atom is 0.330 e. The van der Waals surface area contributed by atoms with Crippen LogP contribution in [-0.4, -0.2) is 20.8 Å². The Morgan fingerprint density at radius 2 is 1.94 bits per heavy atom. The van der Waals surface area contributed by atoms with Crippen molar-refractivity contribution in [3.8, 4) is 0 Å². The van der Waals surface area contributed by atoms with Crippen LogP contribution >= 0.6 is 0 Å². The maximum atomic E-state index is 11.6. The Hall–Kier alpha value is -2.18. The molecule has 7 heteroatoms. The number of nitrogens with zero attached hydrogens (tertiary/aromatic N) is 2. The maximum absolute atomic E-state index is 11.6. The van der Waals surface area contributed by atoms with Crippen LogP contribution in [0, 0.1) is 0 Å². The lowest BCUT2D eigenvalue weighted by Gasteiger charge is -2.08. The molecule has 2 N–H and O–H groups in total. The molecule has 0 saturated carbocycles. The third-order valence-corrected chi connectivity index (χ3v) is 2.33. The van der Waals surface area contributed by atoms with Gasteiger partial charge in [0.1, 0.15) is 0 Å². The van der Waals surface area contributed by atoms with Crippen molar-refractivity contribution in [2.45, 2.75) is 19.9 Å². The van der Waals surface area contributed by atoms with Gasteiger partial charge in [-0.15, -0.1) is 0 Å². The zero-order valence-corrected chi connectivity index (χ0v) is 9.60. The Morgan fingerprint density at radius 3 is 2.41 bits per heavy atom. The molecule has 0 aliphatic rings. The largest absolute Gasteiger partial charge is 0.370 e. The SMILES string of the molecule is CC(=O)c1cn(CCC(N)=O)c(=O)n(C)c1=O. The van der Waals surface area contributed by atoms with Gasteiger partial charge in [0.25, 0.3) is 5.56 Å². The minimum atomic E-state index is -0.641. The first-order valence-electron chi connectivity index (χ1n) is 4.94. The van der Waals surface area contributed by atoms with Gasteiger partial charge in [-0.25, -0.2) is 4.79 Å². The van der Waals surface area contributed by atoms with E-state index in [0.29, 0.717) is 0 Å². The summed E-state index contributed by atoms with van der Waals surface area (Å²) in [5, 5.41) is 0. The van der Waals surface area contributed by atoms with Crippen molar-refractivity contribution < 1.29 is 9.59 Å². The second-order valence-electron chi connectivity index (χ2n) is 3.66. The normalized spacial score (nSPS) is 10.2. The molecule has 0 aromatic carbocycles.